The fourth-order valence-corrected chi connectivity index (χ4v) is 2.80. The average Bonchev–Trinajstić information content (AvgIpc) is 2.57. The highest BCUT2D eigenvalue weighted by Crippen LogP contribution is 2.38. The topological polar surface area (TPSA) is 41.8 Å². The van der Waals surface area contributed by atoms with Gasteiger partial charge in [-0.25, -0.2) is 0 Å². The molecule has 0 amide bonds. The molecule has 0 unspecified atom stereocenters. The Labute approximate surface area is 116 Å². The second kappa shape index (κ2) is 5.01. The molecular formula is C13H16BrClN2. The highest BCUT2D eigenvalue weighted by molar-refractivity contribution is 9.10. The van der Waals surface area contributed by atoms with Crippen LogP contribution in [0, 0.1) is 5.92 Å². The number of nitrogens with one attached hydrogen (secondary N) is 1. The van der Waals surface area contributed by atoms with Crippen molar-refractivity contribution in [1.82, 2.24) is 4.98 Å². The summed E-state index contributed by atoms with van der Waals surface area (Å²) in [4.78, 5) is 3.30. The molecule has 1 aromatic carbocycles. The van der Waals surface area contributed by atoms with Crippen LogP contribution in [-0.2, 0) is 0 Å². The van der Waals surface area contributed by atoms with Crippen LogP contribution in [0.2, 0.25) is 0 Å². The van der Waals surface area contributed by atoms with Gasteiger partial charge in [-0.2, -0.15) is 0 Å². The van der Waals surface area contributed by atoms with Gasteiger partial charge in [0.1, 0.15) is 0 Å². The molecule has 0 spiro atoms. The molecule has 0 bridgehead atoms. The first-order valence-corrected chi connectivity index (χ1v) is 6.57. The van der Waals surface area contributed by atoms with Crippen LogP contribution in [0.3, 0.4) is 0 Å². The number of fused-ring (bicyclic) bond motifs is 1. The summed E-state index contributed by atoms with van der Waals surface area (Å²) in [6, 6.07) is 6.49. The fraction of sp³-hybridized carbons (Fsp3) is 0.385. The van der Waals surface area contributed by atoms with Gasteiger partial charge in [0, 0.05) is 27.6 Å². The molecule has 1 heterocycles. The van der Waals surface area contributed by atoms with Gasteiger partial charge >= 0.3 is 0 Å². The summed E-state index contributed by atoms with van der Waals surface area (Å²) in [6.07, 6.45) is 5.97. The predicted octanol–water partition coefficient (Wildman–Crippen LogP) is 4.15. The summed E-state index contributed by atoms with van der Waals surface area (Å²) in [5, 5.41) is 1.26. The maximum absolute atomic E-state index is 6.33. The van der Waals surface area contributed by atoms with Crippen LogP contribution in [0.25, 0.3) is 10.9 Å². The summed E-state index contributed by atoms with van der Waals surface area (Å²) < 4.78 is 1.11. The van der Waals surface area contributed by atoms with Crippen LogP contribution in [-0.4, -0.2) is 4.98 Å². The van der Waals surface area contributed by atoms with Gasteiger partial charge in [0.15, 0.2) is 0 Å². The normalized spacial score (nSPS) is 17.5. The molecule has 1 aliphatic carbocycles. The van der Waals surface area contributed by atoms with E-state index in [2.05, 4.69) is 45.3 Å². The summed E-state index contributed by atoms with van der Waals surface area (Å²) in [5.74, 6) is 0.679. The molecule has 4 heteroatoms. The SMILES string of the molecule is Cl.N[C@@H](c1c[nH]c2ccc(Br)cc12)C1CCC1. The maximum atomic E-state index is 6.33. The maximum Gasteiger partial charge on any atom is 0.0458 e. The van der Waals surface area contributed by atoms with Gasteiger partial charge in [0.05, 0.1) is 0 Å². The van der Waals surface area contributed by atoms with E-state index in [9.17, 15) is 0 Å². The molecule has 17 heavy (non-hydrogen) atoms. The zero-order chi connectivity index (χ0) is 11.1. The Hall–Kier alpha value is -0.510. The van der Waals surface area contributed by atoms with Gasteiger partial charge in [-0.05, 0) is 42.5 Å². The third-order valence-electron chi connectivity index (χ3n) is 3.69. The lowest BCUT2D eigenvalue weighted by Crippen LogP contribution is -2.26. The minimum absolute atomic E-state index is 0. The Bertz CT molecular complexity index is 519. The van der Waals surface area contributed by atoms with Crippen molar-refractivity contribution >= 4 is 39.2 Å². The number of nitrogens with two attached hydrogens (primary N) is 1. The quantitative estimate of drug-likeness (QED) is 0.859. The first kappa shape index (κ1) is 12.9. The molecule has 92 valence electrons. The molecule has 0 saturated heterocycles. The van der Waals surface area contributed by atoms with Crippen molar-refractivity contribution in [1.29, 1.82) is 0 Å². The fourth-order valence-electron chi connectivity index (χ4n) is 2.44. The van der Waals surface area contributed by atoms with E-state index in [1.165, 1.54) is 35.7 Å². The van der Waals surface area contributed by atoms with Crippen molar-refractivity contribution in [2.75, 3.05) is 0 Å². The van der Waals surface area contributed by atoms with Crippen LogP contribution in [0.1, 0.15) is 30.9 Å². The third-order valence-corrected chi connectivity index (χ3v) is 4.19. The van der Waals surface area contributed by atoms with E-state index in [1.807, 2.05) is 0 Å². The van der Waals surface area contributed by atoms with Crippen molar-refractivity contribution in [2.45, 2.75) is 25.3 Å². The average molecular weight is 316 g/mol. The number of aromatic amines is 1. The number of benzene rings is 1. The lowest BCUT2D eigenvalue weighted by atomic mass is 9.77. The summed E-state index contributed by atoms with van der Waals surface area (Å²) in [6.45, 7) is 0. The lowest BCUT2D eigenvalue weighted by molar-refractivity contribution is 0.265. The second-order valence-corrected chi connectivity index (χ2v) is 5.57. The summed E-state index contributed by atoms with van der Waals surface area (Å²) >= 11 is 3.51. The van der Waals surface area contributed by atoms with Gasteiger partial charge in [-0.15, -0.1) is 12.4 Å². The van der Waals surface area contributed by atoms with Gasteiger partial charge in [0.2, 0.25) is 0 Å². The number of halogens is 2. The Balaban J connectivity index is 0.00000108. The third kappa shape index (κ3) is 2.24. The molecule has 3 rings (SSSR count). The first-order valence-electron chi connectivity index (χ1n) is 5.78. The molecule has 1 atom stereocenters. The van der Waals surface area contributed by atoms with E-state index in [-0.39, 0.29) is 18.4 Å². The smallest absolute Gasteiger partial charge is 0.0458 e. The first-order chi connectivity index (χ1) is 7.75. The zero-order valence-electron chi connectivity index (χ0n) is 9.45. The number of H-pyrrole nitrogens is 1. The van der Waals surface area contributed by atoms with Crippen LogP contribution >= 0.6 is 28.3 Å². The Morgan fingerprint density at radius 3 is 2.76 bits per heavy atom. The largest absolute Gasteiger partial charge is 0.361 e. The minimum Gasteiger partial charge on any atom is -0.361 e. The van der Waals surface area contributed by atoms with Crippen molar-refractivity contribution in [3.63, 3.8) is 0 Å². The van der Waals surface area contributed by atoms with E-state index in [0.717, 1.165) is 4.47 Å². The molecule has 0 radical (unpaired) electrons. The Kier molecular flexibility index (Phi) is 3.81. The standard InChI is InChI=1S/C13H15BrN2.ClH/c14-9-4-5-12-10(6-9)11(7-16-12)13(15)8-2-1-3-8;/h4-8,13,16H,1-3,15H2;1H/t13-;/m1./s1. The predicted molar refractivity (Wildman–Crippen MR) is 77.5 cm³/mol. The van der Waals surface area contributed by atoms with Crippen LogP contribution < -0.4 is 5.73 Å². The molecule has 3 N–H and O–H groups in total. The van der Waals surface area contributed by atoms with E-state index in [4.69, 9.17) is 5.73 Å². The monoisotopic (exact) mass is 314 g/mol. The van der Waals surface area contributed by atoms with Gasteiger partial charge < -0.3 is 10.7 Å². The summed E-state index contributed by atoms with van der Waals surface area (Å²) in [5.41, 5.74) is 8.76. The number of aromatic nitrogens is 1. The molecule has 2 nitrogen and oxygen atoms in total. The van der Waals surface area contributed by atoms with Crippen molar-refractivity contribution in [3.05, 3.63) is 34.4 Å². The molecule has 0 aliphatic heterocycles. The number of rotatable bonds is 2. The van der Waals surface area contributed by atoms with Crippen LogP contribution in [0.5, 0.6) is 0 Å². The Morgan fingerprint density at radius 1 is 1.35 bits per heavy atom. The molecule has 1 saturated carbocycles. The molecule has 1 aliphatic rings. The van der Waals surface area contributed by atoms with Crippen molar-refractivity contribution in [2.24, 2.45) is 11.7 Å². The van der Waals surface area contributed by atoms with Crippen molar-refractivity contribution < 1.29 is 0 Å². The summed E-state index contributed by atoms with van der Waals surface area (Å²) in [7, 11) is 0. The molecular weight excluding hydrogens is 300 g/mol. The number of hydrogen-bond acceptors (Lipinski definition) is 1. The van der Waals surface area contributed by atoms with E-state index in [1.54, 1.807) is 0 Å². The molecule has 1 fully saturated rings. The minimum atomic E-state index is 0. The van der Waals surface area contributed by atoms with Gasteiger partial charge in [0.25, 0.3) is 0 Å². The highest BCUT2D eigenvalue weighted by Gasteiger charge is 2.27. The second-order valence-electron chi connectivity index (χ2n) is 4.65. The van der Waals surface area contributed by atoms with Crippen LogP contribution in [0.15, 0.2) is 28.9 Å². The number of hydrogen-bond donors (Lipinski definition) is 2. The molecule has 1 aromatic heterocycles. The molecule has 2 aromatic rings. The van der Waals surface area contributed by atoms with Crippen LogP contribution in [0.4, 0.5) is 0 Å². The van der Waals surface area contributed by atoms with E-state index in [0.29, 0.717) is 5.92 Å². The lowest BCUT2D eigenvalue weighted by Gasteiger charge is -2.31. The highest BCUT2D eigenvalue weighted by atomic mass is 79.9. The van der Waals surface area contributed by atoms with Gasteiger partial charge in [-0.1, -0.05) is 22.4 Å². The van der Waals surface area contributed by atoms with E-state index >= 15 is 0 Å². The zero-order valence-corrected chi connectivity index (χ0v) is 11.9. The van der Waals surface area contributed by atoms with Crippen molar-refractivity contribution in [3.8, 4) is 0 Å². The Morgan fingerprint density at radius 2 is 2.12 bits per heavy atom. The van der Waals surface area contributed by atoms with Gasteiger partial charge in [-0.3, -0.25) is 0 Å². The van der Waals surface area contributed by atoms with E-state index < -0.39 is 0 Å².